The molecule has 2 unspecified atom stereocenters. The molecule has 78 valence electrons. The van der Waals surface area contributed by atoms with Crippen LogP contribution in [-0.2, 0) is 9.53 Å². The molecule has 2 aliphatic rings. The van der Waals surface area contributed by atoms with Gasteiger partial charge in [0.05, 0.1) is 5.92 Å². The maximum atomic E-state index is 11.8. The van der Waals surface area contributed by atoms with E-state index in [9.17, 15) is 4.79 Å². The normalized spacial score (nSPS) is 30.4. The SMILES string of the molecule is CC(C)(C)OC(=O)C1CC2=CCC1C2. The standard InChI is InChI=1S/C12H18O2/c1-12(2,3)14-11(13)10-7-8-4-5-9(10)6-8/h4,9-10H,5-7H2,1-3H3. The highest BCUT2D eigenvalue weighted by atomic mass is 16.6. The minimum absolute atomic E-state index is 0.00519. The van der Waals surface area contributed by atoms with Crippen molar-refractivity contribution in [3.63, 3.8) is 0 Å². The van der Waals surface area contributed by atoms with Crippen molar-refractivity contribution in [1.82, 2.24) is 0 Å². The molecule has 0 aromatic carbocycles. The van der Waals surface area contributed by atoms with Gasteiger partial charge in [0.15, 0.2) is 0 Å². The summed E-state index contributed by atoms with van der Waals surface area (Å²) < 4.78 is 5.41. The number of rotatable bonds is 1. The number of hydrogen-bond donors (Lipinski definition) is 0. The minimum atomic E-state index is -0.340. The first-order chi connectivity index (χ1) is 6.46. The smallest absolute Gasteiger partial charge is 0.310 e. The fourth-order valence-electron chi connectivity index (χ4n) is 2.40. The molecule has 1 fully saturated rings. The highest BCUT2D eigenvalue weighted by molar-refractivity contribution is 5.74. The van der Waals surface area contributed by atoms with Crippen molar-refractivity contribution < 1.29 is 9.53 Å². The summed E-state index contributed by atoms with van der Waals surface area (Å²) in [7, 11) is 0. The molecule has 2 bridgehead atoms. The Morgan fingerprint density at radius 1 is 1.43 bits per heavy atom. The van der Waals surface area contributed by atoms with Crippen molar-refractivity contribution in [3.8, 4) is 0 Å². The number of hydrogen-bond acceptors (Lipinski definition) is 2. The van der Waals surface area contributed by atoms with E-state index < -0.39 is 0 Å². The molecule has 0 spiro atoms. The molecule has 0 aromatic heterocycles. The van der Waals surface area contributed by atoms with Gasteiger partial charge < -0.3 is 4.74 Å². The topological polar surface area (TPSA) is 26.3 Å². The average Bonchev–Trinajstić information content (AvgIpc) is 2.59. The zero-order valence-electron chi connectivity index (χ0n) is 9.17. The van der Waals surface area contributed by atoms with Crippen LogP contribution in [0.1, 0.15) is 40.0 Å². The fraction of sp³-hybridized carbons (Fsp3) is 0.750. The van der Waals surface area contributed by atoms with Crippen molar-refractivity contribution in [3.05, 3.63) is 11.6 Å². The Balaban J connectivity index is 1.97. The summed E-state index contributed by atoms with van der Waals surface area (Å²) in [6.07, 6.45) is 5.44. The van der Waals surface area contributed by atoms with E-state index in [4.69, 9.17) is 4.74 Å². The Morgan fingerprint density at radius 2 is 2.14 bits per heavy atom. The summed E-state index contributed by atoms with van der Waals surface area (Å²) in [6.45, 7) is 5.78. The zero-order chi connectivity index (χ0) is 10.3. The first kappa shape index (κ1) is 9.75. The van der Waals surface area contributed by atoms with E-state index in [1.807, 2.05) is 20.8 Å². The Morgan fingerprint density at radius 3 is 2.57 bits per heavy atom. The quantitative estimate of drug-likeness (QED) is 0.474. The largest absolute Gasteiger partial charge is 0.460 e. The molecular formula is C12H18O2. The monoisotopic (exact) mass is 194 g/mol. The van der Waals surface area contributed by atoms with Crippen molar-refractivity contribution >= 4 is 5.97 Å². The van der Waals surface area contributed by atoms with Crippen LogP contribution < -0.4 is 0 Å². The van der Waals surface area contributed by atoms with Crippen LogP contribution in [0, 0.1) is 11.8 Å². The van der Waals surface area contributed by atoms with Gasteiger partial charge in [-0.05, 0) is 46.0 Å². The molecule has 0 heterocycles. The second-order valence-corrected chi connectivity index (χ2v) is 5.41. The highest BCUT2D eigenvalue weighted by Crippen LogP contribution is 2.44. The predicted molar refractivity (Wildman–Crippen MR) is 54.8 cm³/mol. The van der Waals surface area contributed by atoms with Crippen LogP contribution in [0.15, 0.2) is 11.6 Å². The number of carbonyl (C=O) groups is 1. The lowest BCUT2D eigenvalue weighted by atomic mass is 9.92. The van der Waals surface area contributed by atoms with E-state index in [2.05, 4.69) is 6.08 Å². The van der Waals surface area contributed by atoms with Crippen molar-refractivity contribution in [2.24, 2.45) is 11.8 Å². The maximum absolute atomic E-state index is 11.8. The molecule has 2 heteroatoms. The highest BCUT2D eigenvalue weighted by Gasteiger charge is 2.40. The third-order valence-corrected chi connectivity index (χ3v) is 2.99. The van der Waals surface area contributed by atoms with E-state index in [1.54, 1.807) is 0 Å². The minimum Gasteiger partial charge on any atom is -0.460 e. The summed E-state index contributed by atoms with van der Waals surface area (Å²) in [5.41, 5.74) is 1.12. The second-order valence-electron chi connectivity index (χ2n) is 5.41. The van der Waals surface area contributed by atoms with E-state index in [1.165, 1.54) is 5.57 Å². The number of ether oxygens (including phenoxy) is 1. The Labute approximate surface area is 85.3 Å². The first-order valence-corrected chi connectivity index (χ1v) is 5.36. The lowest BCUT2D eigenvalue weighted by Gasteiger charge is -2.24. The Kier molecular flexibility index (Phi) is 2.17. The predicted octanol–water partition coefficient (Wildman–Crippen LogP) is 2.68. The molecule has 2 aliphatic carbocycles. The van der Waals surface area contributed by atoms with Crippen LogP contribution in [0.2, 0.25) is 0 Å². The van der Waals surface area contributed by atoms with E-state index in [0.717, 1.165) is 19.3 Å². The van der Waals surface area contributed by atoms with Gasteiger partial charge in [0.2, 0.25) is 0 Å². The van der Waals surface area contributed by atoms with Crippen molar-refractivity contribution in [2.45, 2.75) is 45.6 Å². The molecule has 0 radical (unpaired) electrons. The van der Waals surface area contributed by atoms with Gasteiger partial charge in [-0.2, -0.15) is 0 Å². The molecule has 0 aromatic rings. The molecule has 1 saturated carbocycles. The maximum Gasteiger partial charge on any atom is 0.310 e. The number of fused-ring (bicyclic) bond motifs is 2. The van der Waals surface area contributed by atoms with Crippen LogP contribution in [0.25, 0.3) is 0 Å². The second kappa shape index (κ2) is 3.11. The molecular weight excluding hydrogens is 176 g/mol. The van der Waals surface area contributed by atoms with Crippen LogP contribution in [-0.4, -0.2) is 11.6 Å². The zero-order valence-corrected chi connectivity index (χ0v) is 9.17. The fourth-order valence-corrected chi connectivity index (χ4v) is 2.40. The molecule has 14 heavy (non-hydrogen) atoms. The van der Waals surface area contributed by atoms with Gasteiger partial charge in [0.1, 0.15) is 5.60 Å². The van der Waals surface area contributed by atoms with E-state index in [0.29, 0.717) is 5.92 Å². The van der Waals surface area contributed by atoms with E-state index >= 15 is 0 Å². The third-order valence-electron chi connectivity index (χ3n) is 2.99. The van der Waals surface area contributed by atoms with Gasteiger partial charge in [0.25, 0.3) is 0 Å². The third kappa shape index (κ3) is 1.84. The summed E-state index contributed by atoms with van der Waals surface area (Å²) in [6, 6.07) is 0. The van der Waals surface area contributed by atoms with Crippen molar-refractivity contribution in [1.29, 1.82) is 0 Å². The number of esters is 1. The van der Waals surface area contributed by atoms with Crippen LogP contribution in [0.5, 0.6) is 0 Å². The summed E-state index contributed by atoms with van der Waals surface area (Å²) >= 11 is 0. The Hall–Kier alpha value is -0.790. The summed E-state index contributed by atoms with van der Waals surface area (Å²) in [5, 5.41) is 0. The molecule has 2 atom stereocenters. The summed E-state index contributed by atoms with van der Waals surface area (Å²) in [5.74, 6) is 0.694. The molecule has 0 aliphatic heterocycles. The van der Waals surface area contributed by atoms with Gasteiger partial charge in [-0.3, -0.25) is 4.79 Å². The van der Waals surface area contributed by atoms with Gasteiger partial charge in [-0.25, -0.2) is 0 Å². The molecule has 2 nitrogen and oxygen atoms in total. The lowest BCUT2D eigenvalue weighted by Crippen LogP contribution is -2.30. The molecule has 0 amide bonds. The van der Waals surface area contributed by atoms with Crippen LogP contribution >= 0.6 is 0 Å². The van der Waals surface area contributed by atoms with Gasteiger partial charge >= 0.3 is 5.97 Å². The van der Waals surface area contributed by atoms with Gasteiger partial charge in [-0.15, -0.1) is 0 Å². The number of carbonyl (C=O) groups excluding carboxylic acids is 1. The average molecular weight is 194 g/mol. The van der Waals surface area contributed by atoms with Gasteiger partial charge in [0, 0.05) is 0 Å². The lowest BCUT2D eigenvalue weighted by molar-refractivity contribution is -0.161. The molecule has 2 rings (SSSR count). The first-order valence-electron chi connectivity index (χ1n) is 5.36. The van der Waals surface area contributed by atoms with Gasteiger partial charge in [-0.1, -0.05) is 11.6 Å². The number of allylic oxidation sites excluding steroid dienone is 2. The van der Waals surface area contributed by atoms with Crippen LogP contribution in [0.4, 0.5) is 0 Å². The molecule has 0 saturated heterocycles. The van der Waals surface area contributed by atoms with Crippen LogP contribution in [0.3, 0.4) is 0 Å². The van der Waals surface area contributed by atoms with E-state index in [-0.39, 0.29) is 17.5 Å². The van der Waals surface area contributed by atoms with Crippen molar-refractivity contribution in [2.75, 3.05) is 0 Å². The Bertz CT molecular complexity index is 283. The molecule has 0 N–H and O–H groups in total. The summed E-state index contributed by atoms with van der Waals surface area (Å²) in [4.78, 5) is 11.8.